The highest BCUT2D eigenvalue weighted by Gasteiger charge is 2.12. The predicted octanol–water partition coefficient (Wildman–Crippen LogP) is 2.94. The average molecular weight is 297 g/mol. The standard InChI is InChI=1S/C13H10Cl2N2O2/c1-17-6-2-3-9(13(17)19)12(18)16-11-5-4-8(14)7-10(11)15/h2-7H,1H3,(H,16,18). The lowest BCUT2D eigenvalue weighted by Crippen LogP contribution is -2.27. The minimum atomic E-state index is -0.509. The molecule has 0 saturated carbocycles. The summed E-state index contributed by atoms with van der Waals surface area (Å²) in [5.74, 6) is -0.509. The fourth-order valence-electron chi connectivity index (χ4n) is 1.55. The Morgan fingerprint density at radius 2 is 2.00 bits per heavy atom. The number of amides is 1. The number of hydrogen-bond acceptors (Lipinski definition) is 2. The molecule has 1 N–H and O–H groups in total. The monoisotopic (exact) mass is 296 g/mol. The first-order chi connectivity index (χ1) is 8.99. The van der Waals surface area contributed by atoms with Crippen LogP contribution in [-0.4, -0.2) is 10.5 Å². The molecule has 2 aromatic rings. The molecule has 0 radical (unpaired) electrons. The number of pyridine rings is 1. The summed E-state index contributed by atoms with van der Waals surface area (Å²) in [5, 5.41) is 3.36. The molecule has 0 aliphatic heterocycles. The van der Waals surface area contributed by atoms with Crippen LogP contribution in [0, 0.1) is 0 Å². The number of benzene rings is 1. The molecule has 1 heterocycles. The molecule has 1 amide bonds. The Bertz CT molecular complexity index is 695. The second kappa shape index (κ2) is 5.47. The minimum absolute atomic E-state index is 0.0519. The van der Waals surface area contributed by atoms with Crippen molar-refractivity contribution in [1.29, 1.82) is 0 Å². The van der Waals surface area contributed by atoms with E-state index in [1.807, 2.05) is 0 Å². The Balaban J connectivity index is 2.31. The van der Waals surface area contributed by atoms with E-state index in [1.54, 1.807) is 31.4 Å². The Morgan fingerprint density at radius 3 is 2.68 bits per heavy atom. The maximum atomic E-state index is 12.0. The molecule has 0 unspecified atom stereocenters. The van der Waals surface area contributed by atoms with Gasteiger partial charge in [0.05, 0.1) is 10.7 Å². The van der Waals surface area contributed by atoms with Gasteiger partial charge in [0.25, 0.3) is 11.5 Å². The maximum Gasteiger partial charge on any atom is 0.263 e. The number of anilines is 1. The molecule has 1 aromatic carbocycles. The summed E-state index contributed by atoms with van der Waals surface area (Å²) in [4.78, 5) is 23.8. The lowest BCUT2D eigenvalue weighted by molar-refractivity contribution is 0.102. The Morgan fingerprint density at radius 1 is 1.26 bits per heavy atom. The summed E-state index contributed by atoms with van der Waals surface area (Å²) in [7, 11) is 1.58. The maximum absolute atomic E-state index is 12.0. The van der Waals surface area contributed by atoms with Crippen molar-refractivity contribution >= 4 is 34.8 Å². The van der Waals surface area contributed by atoms with Crippen molar-refractivity contribution in [3.05, 3.63) is 62.5 Å². The third-order valence-corrected chi connectivity index (χ3v) is 3.10. The van der Waals surface area contributed by atoms with Gasteiger partial charge in [-0.2, -0.15) is 0 Å². The Kier molecular flexibility index (Phi) is 3.93. The van der Waals surface area contributed by atoms with Crippen LogP contribution >= 0.6 is 23.2 Å². The number of carbonyl (C=O) groups is 1. The molecule has 6 heteroatoms. The van der Waals surface area contributed by atoms with Crippen molar-refractivity contribution < 1.29 is 4.79 Å². The van der Waals surface area contributed by atoms with Gasteiger partial charge in [-0.25, -0.2) is 0 Å². The number of nitrogens with zero attached hydrogens (tertiary/aromatic N) is 1. The minimum Gasteiger partial charge on any atom is -0.320 e. The third-order valence-electron chi connectivity index (χ3n) is 2.55. The molecule has 1 aromatic heterocycles. The summed E-state index contributed by atoms with van der Waals surface area (Å²) in [6.45, 7) is 0. The van der Waals surface area contributed by atoms with Crippen LogP contribution in [0.5, 0.6) is 0 Å². The summed E-state index contributed by atoms with van der Waals surface area (Å²) in [6, 6.07) is 7.78. The normalized spacial score (nSPS) is 10.3. The van der Waals surface area contributed by atoms with Crippen LogP contribution in [0.15, 0.2) is 41.3 Å². The van der Waals surface area contributed by atoms with Gasteiger partial charge in [-0.1, -0.05) is 23.2 Å². The molecule has 4 nitrogen and oxygen atoms in total. The number of halogens is 2. The summed E-state index contributed by atoms with van der Waals surface area (Å²) in [5.41, 5.74) is 0.0862. The SMILES string of the molecule is Cn1cccc(C(=O)Nc2ccc(Cl)cc2Cl)c1=O. The van der Waals surface area contributed by atoms with Crippen LogP contribution in [0.3, 0.4) is 0 Å². The lowest BCUT2D eigenvalue weighted by Gasteiger charge is -2.07. The molecule has 0 bridgehead atoms. The zero-order valence-corrected chi connectivity index (χ0v) is 11.5. The predicted molar refractivity (Wildman–Crippen MR) is 76.1 cm³/mol. The van der Waals surface area contributed by atoms with Gasteiger partial charge in [0.1, 0.15) is 5.56 Å². The quantitative estimate of drug-likeness (QED) is 0.926. The average Bonchev–Trinajstić information content (AvgIpc) is 2.36. The molecule has 0 aliphatic rings. The topological polar surface area (TPSA) is 51.1 Å². The van der Waals surface area contributed by atoms with E-state index in [2.05, 4.69) is 5.32 Å². The van der Waals surface area contributed by atoms with Crippen molar-refractivity contribution in [1.82, 2.24) is 4.57 Å². The zero-order chi connectivity index (χ0) is 14.0. The van der Waals surface area contributed by atoms with E-state index < -0.39 is 5.91 Å². The van der Waals surface area contributed by atoms with Crippen LogP contribution in [0.1, 0.15) is 10.4 Å². The first kappa shape index (κ1) is 13.6. The molecule has 19 heavy (non-hydrogen) atoms. The van der Waals surface area contributed by atoms with Gasteiger partial charge in [0, 0.05) is 18.3 Å². The van der Waals surface area contributed by atoms with Gasteiger partial charge in [-0.15, -0.1) is 0 Å². The van der Waals surface area contributed by atoms with Crippen LogP contribution in [0.2, 0.25) is 10.0 Å². The van der Waals surface area contributed by atoms with Gasteiger partial charge in [0.2, 0.25) is 0 Å². The van der Waals surface area contributed by atoms with E-state index in [4.69, 9.17) is 23.2 Å². The van der Waals surface area contributed by atoms with E-state index in [9.17, 15) is 9.59 Å². The third kappa shape index (κ3) is 2.97. The fraction of sp³-hybridized carbons (Fsp3) is 0.0769. The van der Waals surface area contributed by atoms with Gasteiger partial charge in [-0.3, -0.25) is 9.59 Å². The van der Waals surface area contributed by atoms with Crippen LogP contribution < -0.4 is 10.9 Å². The number of hydrogen-bond donors (Lipinski definition) is 1. The van der Waals surface area contributed by atoms with Crippen LogP contribution in [0.4, 0.5) is 5.69 Å². The molecular weight excluding hydrogens is 287 g/mol. The largest absolute Gasteiger partial charge is 0.320 e. The number of aromatic nitrogens is 1. The van der Waals surface area contributed by atoms with Crippen molar-refractivity contribution in [2.45, 2.75) is 0 Å². The summed E-state index contributed by atoms with van der Waals surface area (Å²) in [6.07, 6.45) is 1.58. The van der Waals surface area contributed by atoms with Crippen molar-refractivity contribution in [3.63, 3.8) is 0 Å². The van der Waals surface area contributed by atoms with Gasteiger partial charge < -0.3 is 9.88 Å². The van der Waals surface area contributed by atoms with E-state index in [0.29, 0.717) is 15.7 Å². The van der Waals surface area contributed by atoms with E-state index >= 15 is 0 Å². The van der Waals surface area contributed by atoms with Gasteiger partial charge in [-0.05, 0) is 30.3 Å². The summed E-state index contributed by atoms with van der Waals surface area (Å²) >= 11 is 11.7. The smallest absolute Gasteiger partial charge is 0.263 e. The Labute approximate surface area is 119 Å². The van der Waals surface area contributed by atoms with Gasteiger partial charge >= 0.3 is 0 Å². The molecule has 0 saturated heterocycles. The highest BCUT2D eigenvalue weighted by Crippen LogP contribution is 2.25. The number of aryl methyl sites for hydroxylation is 1. The molecular formula is C13H10Cl2N2O2. The first-order valence-electron chi connectivity index (χ1n) is 5.41. The number of rotatable bonds is 2. The van der Waals surface area contributed by atoms with Crippen molar-refractivity contribution in [3.8, 4) is 0 Å². The molecule has 0 spiro atoms. The highest BCUT2D eigenvalue weighted by atomic mass is 35.5. The lowest BCUT2D eigenvalue weighted by atomic mass is 10.2. The van der Waals surface area contributed by atoms with Crippen molar-refractivity contribution in [2.75, 3.05) is 5.32 Å². The second-order valence-electron chi connectivity index (χ2n) is 3.92. The van der Waals surface area contributed by atoms with Crippen LogP contribution in [-0.2, 0) is 7.05 Å². The second-order valence-corrected chi connectivity index (χ2v) is 4.76. The molecule has 0 atom stereocenters. The molecule has 2 rings (SSSR count). The zero-order valence-electron chi connectivity index (χ0n) is 9.98. The fourth-order valence-corrected chi connectivity index (χ4v) is 2.01. The summed E-state index contributed by atoms with van der Waals surface area (Å²) < 4.78 is 1.33. The van der Waals surface area contributed by atoms with Crippen molar-refractivity contribution in [2.24, 2.45) is 7.05 Å². The van der Waals surface area contributed by atoms with E-state index in [-0.39, 0.29) is 11.1 Å². The first-order valence-corrected chi connectivity index (χ1v) is 6.16. The molecule has 0 aliphatic carbocycles. The highest BCUT2D eigenvalue weighted by molar-refractivity contribution is 6.36. The van der Waals surface area contributed by atoms with E-state index in [1.165, 1.54) is 16.7 Å². The van der Waals surface area contributed by atoms with Crippen LogP contribution in [0.25, 0.3) is 0 Å². The Hall–Kier alpha value is -1.78. The number of nitrogens with one attached hydrogen (secondary N) is 1. The van der Waals surface area contributed by atoms with Gasteiger partial charge in [0.15, 0.2) is 0 Å². The molecule has 0 fully saturated rings. The molecule has 98 valence electrons. The van der Waals surface area contributed by atoms with E-state index in [0.717, 1.165) is 0 Å². The number of carbonyl (C=O) groups excluding carboxylic acids is 1.